The van der Waals surface area contributed by atoms with Crippen molar-refractivity contribution in [1.29, 1.82) is 0 Å². The summed E-state index contributed by atoms with van der Waals surface area (Å²) in [4.78, 5) is 13.8. The maximum atomic E-state index is 11.6. The maximum absolute atomic E-state index is 11.6. The van der Waals surface area contributed by atoms with Crippen LogP contribution in [0.1, 0.15) is 28.4 Å². The average molecular weight is 256 g/mol. The van der Waals surface area contributed by atoms with Crippen LogP contribution in [0.25, 0.3) is 0 Å². The van der Waals surface area contributed by atoms with Crippen LogP contribution < -0.4 is 0 Å². The molecule has 2 aromatic rings. The summed E-state index contributed by atoms with van der Waals surface area (Å²) in [6, 6.07) is 14.1. The van der Waals surface area contributed by atoms with E-state index in [1.807, 2.05) is 24.3 Å². The quantitative estimate of drug-likeness (QED) is 0.743. The molecule has 0 unspecified atom stereocenters. The number of hydrogen-bond donors (Lipinski definition) is 0. The minimum Gasteiger partial charge on any atom is -0.294 e. The second-order valence-electron chi connectivity index (χ2n) is 4.40. The lowest BCUT2D eigenvalue weighted by Gasteiger charge is -2.08. The van der Waals surface area contributed by atoms with Crippen LogP contribution >= 0.6 is 11.8 Å². The Morgan fingerprint density at radius 1 is 1.00 bits per heavy atom. The summed E-state index contributed by atoms with van der Waals surface area (Å²) in [5.74, 6) is 0.113. The Balaban J connectivity index is 2.34. The molecular formula is C16H16OS. The number of rotatable bonds is 3. The summed E-state index contributed by atoms with van der Waals surface area (Å²) >= 11 is 1.64. The fraction of sp³-hybridized carbons (Fsp3) is 0.188. The van der Waals surface area contributed by atoms with E-state index in [1.54, 1.807) is 18.7 Å². The van der Waals surface area contributed by atoms with Gasteiger partial charge in [0.05, 0.1) is 0 Å². The predicted molar refractivity (Wildman–Crippen MR) is 76.5 cm³/mol. The molecule has 0 heterocycles. The summed E-state index contributed by atoms with van der Waals surface area (Å²) in [6.45, 7) is 5.82. The fourth-order valence-corrected chi connectivity index (χ4v) is 2.84. The number of aryl methyl sites for hydroxylation is 2. The molecule has 0 fully saturated rings. The van der Waals surface area contributed by atoms with Crippen molar-refractivity contribution < 1.29 is 4.79 Å². The molecule has 0 atom stereocenters. The van der Waals surface area contributed by atoms with E-state index in [1.165, 1.54) is 16.0 Å². The van der Waals surface area contributed by atoms with Gasteiger partial charge in [0, 0.05) is 15.4 Å². The van der Waals surface area contributed by atoms with Gasteiger partial charge < -0.3 is 0 Å². The highest BCUT2D eigenvalue weighted by atomic mass is 32.2. The highest BCUT2D eigenvalue weighted by molar-refractivity contribution is 7.99. The monoisotopic (exact) mass is 256 g/mol. The second-order valence-corrected chi connectivity index (χ2v) is 5.52. The van der Waals surface area contributed by atoms with Gasteiger partial charge in [0.25, 0.3) is 0 Å². The first-order valence-electron chi connectivity index (χ1n) is 5.93. The van der Waals surface area contributed by atoms with Crippen molar-refractivity contribution in [3.8, 4) is 0 Å². The standard InChI is InChI=1S/C16H16OS/c1-11-8-9-14(10-12(11)2)18-16-7-5-4-6-15(16)13(3)17/h4-10H,1-3H3. The van der Waals surface area contributed by atoms with Crippen LogP contribution in [0.5, 0.6) is 0 Å². The van der Waals surface area contributed by atoms with Crippen LogP contribution in [0.2, 0.25) is 0 Å². The van der Waals surface area contributed by atoms with E-state index in [0.29, 0.717) is 0 Å². The van der Waals surface area contributed by atoms with E-state index < -0.39 is 0 Å². The van der Waals surface area contributed by atoms with Crippen molar-refractivity contribution in [2.75, 3.05) is 0 Å². The summed E-state index contributed by atoms with van der Waals surface area (Å²) in [6.07, 6.45) is 0. The highest BCUT2D eigenvalue weighted by Crippen LogP contribution is 2.31. The van der Waals surface area contributed by atoms with Gasteiger partial charge in [-0.1, -0.05) is 36.0 Å². The summed E-state index contributed by atoms with van der Waals surface area (Å²) < 4.78 is 0. The van der Waals surface area contributed by atoms with E-state index >= 15 is 0 Å². The molecule has 0 spiro atoms. The van der Waals surface area contributed by atoms with Gasteiger partial charge in [0.15, 0.2) is 5.78 Å². The molecule has 0 aliphatic carbocycles. The lowest BCUT2D eigenvalue weighted by atomic mass is 10.1. The Bertz CT molecular complexity index is 587. The Kier molecular flexibility index (Phi) is 3.87. The predicted octanol–water partition coefficient (Wildman–Crippen LogP) is 4.66. The van der Waals surface area contributed by atoms with E-state index in [4.69, 9.17) is 0 Å². The van der Waals surface area contributed by atoms with Crippen LogP contribution in [0, 0.1) is 13.8 Å². The fourth-order valence-electron chi connectivity index (χ4n) is 1.75. The third-order valence-corrected chi connectivity index (χ3v) is 4.04. The van der Waals surface area contributed by atoms with Crippen molar-refractivity contribution in [3.63, 3.8) is 0 Å². The number of carbonyl (C=O) groups excluding carboxylic acids is 1. The molecular weight excluding hydrogens is 240 g/mol. The van der Waals surface area contributed by atoms with Crippen molar-refractivity contribution in [2.45, 2.75) is 30.6 Å². The molecule has 1 nitrogen and oxygen atoms in total. The molecule has 0 amide bonds. The van der Waals surface area contributed by atoms with Gasteiger partial charge in [0.1, 0.15) is 0 Å². The smallest absolute Gasteiger partial charge is 0.160 e. The molecule has 0 aliphatic heterocycles. The van der Waals surface area contributed by atoms with Crippen molar-refractivity contribution in [1.82, 2.24) is 0 Å². The van der Waals surface area contributed by atoms with Crippen LogP contribution in [0.3, 0.4) is 0 Å². The Morgan fingerprint density at radius 2 is 1.72 bits per heavy atom. The van der Waals surface area contributed by atoms with E-state index in [9.17, 15) is 4.79 Å². The lowest BCUT2D eigenvalue weighted by molar-refractivity contribution is 0.101. The van der Waals surface area contributed by atoms with E-state index in [0.717, 1.165) is 10.5 Å². The molecule has 0 N–H and O–H groups in total. The number of Topliss-reactive ketones (excluding diaryl/α,β-unsaturated/α-hetero) is 1. The summed E-state index contributed by atoms with van der Waals surface area (Å²) in [5, 5.41) is 0. The highest BCUT2D eigenvalue weighted by Gasteiger charge is 2.08. The molecule has 18 heavy (non-hydrogen) atoms. The molecule has 0 bridgehead atoms. The van der Waals surface area contributed by atoms with Gasteiger partial charge in [-0.25, -0.2) is 0 Å². The molecule has 0 radical (unpaired) electrons. The van der Waals surface area contributed by atoms with Gasteiger partial charge in [-0.2, -0.15) is 0 Å². The number of benzene rings is 2. The van der Waals surface area contributed by atoms with Crippen LogP contribution in [0.4, 0.5) is 0 Å². The largest absolute Gasteiger partial charge is 0.294 e. The minimum absolute atomic E-state index is 0.113. The Labute approximate surface area is 112 Å². The average Bonchev–Trinajstić information content (AvgIpc) is 2.34. The third-order valence-electron chi connectivity index (χ3n) is 2.97. The summed E-state index contributed by atoms with van der Waals surface area (Å²) in [5.41, 5.74) is 3.36. The zero-order valence-corrected chi connectivity index (χ0v) is 11.7. The normalized spacial score (nSPS) is 10.4. The first-order valence-corrected chi connectivity index (χ1v) is 6.74. The molecule has 2 aromatic carbocycles. The number of hydrogen-bond acceptors (Lipinski definition) is 2. The Hall–Kier alpha value is -1.54. The van der Waals surface area contributed by atoms with E-state index in [-0.39, 0.29) is 5.78 Å². The van der Waals surface area contributed by atoms with Gasteiger partial charge >= 0.3 is 0 Å². The van der Waals surface area contributed by atoms with Gasteiger partial charge in [0.2, 0.25) is 0 Å². The van der Waals surface area contributed by atoms with Crippen molar-refractivity contribution in [3.05, 3.63) is 59.2 Å². The third kappa shape index (κ3) is 2.82. The lowest BCUT2D eigenvalue weighted by Crippen LogP contribution is -1.94. The first kappa shape index (κ1) is 12.9. The molecule has 2 heteroatoms. The van der Waals surface area contributed by atoms with Gasteiger partial charge in [-0.15, -0.1) is 0 Å². The first-order chi connectivity index (χ1) is 8.58. The SMILES string of the molecule is CC(=O)c1ccccc1Sc1ccc(C)c(C)c1. The topological polar surface area (TPSA) is 17.1 Å². The molecule has 0 saturated carbocycles. The zero-order valence-electron chi connectivity index (χ0n) is 10.9. The summed E-state index contributed by atoms with van der Waals surface area (Å²) in [7, 11) is 0. The van der Waals surface area contributed by atoms with Crippen LogP contribution in [-0.4, -0.2) is 5.78 Å². The molecule has 0 saturated heterocycles. The van der Waals surface area contributed by atoms with Crippen molar-refractivity contribution in [2.24, 2.45) is 0 Å². The molecule has 0 aromatic heterocycles. The molecule has 2 rings (SSSR count). The minimum atomic E-state index is 0.113. The van der Waals surface area contributed by atoms with Crippen LogP contribution in [-0.2, 0) is 0 Å². The number of carbonyl (C=O) groups is 1. The van der Waals surface area contributed by atoms with Gasteiger partial charge in [-0.05, 0) is 50.1 Å². The maximum Gasteiger partial charge on any atom is 0.160 e. The van der Waals surface area contributed by atoms with Crippen LogP contribution in [0.15, 0.2) is 52.3 Å². The Morgan fingerprint density at radius 3 is 2.39 bits per heavy atom. The zero-order chi connectivity index (χ0) is 13.1. The second kappa shape index (κ2) is 5.40. The number of ketones is 1. The molecule has 92 valence electrons. The van der Waals surface area contributed by atoms with E-state index in [2.05, 4.69) is 32.0 Å². The molecule has 0 aliphatic rings. The van der Waals surface area contributed by atoms with Crippen molar-refractivity contribution >= 4 is 17.5 Å². The van der Waals surface area contributed by atoms with Gasteiger partial charge in [-0.3, -0.25) is 4.79 Å².